The SMILES string of the molecule is Cc1ccc(-c2cc3c(N[C@@H](Cc4cccc(F)c4)C(=O)O)ncnc3s2)cc1Cl. The Balaban J connectivity index is 1.66. The Labute approximate surface area is 181 Å². The predicted octanol–water partition coefficient (Wildman–Crippen LogP) is 5.57. The molecule has 0 saturated heterocycles. The quantitative estimate of drug-likeness (QED) is 0.409. The zero-order chi connectivity index (χ0) is 21.3. The maximum absolute atomic E-state index is 13.5. The van der Waals surface area contributed by atoms with Crippen molar-refractivity contribution >= 4 is 44.9 Å². The fraction of sp³-hybridized carbons (Fsp3) is 0.136. The minimum atomic E-state index is -1.05. The third kappa shape index (κ3) is 4.27. The highest BCUT2D eigenvalue weighted by Gasteiger charge is 2.21. The summed E-state index contributed by atoms with van der Waals surface area (Å²) in [4.78, 5) is 22.1. The molecule has 8 heteroatoms. The number of aliphatic carboxylic acids is 1. The van der Waals surface area contributed by atoms with Gasteiger partial charge < -0.3 is 10.4 Å². The summed E-state index contributed by atoms with van der Waals surface area (Å²) in [6.07, 6.45) is 1.51. The Morgan fingerprint density at radius 2 is 2.07 bits per heavy atom. The molecule has 0 bridgehead atoms. The van der Waals surface area contributed by atoms with E-state index in [4.69, 9.17) is 11.6 Å². The van der Waals surface area contributed by atoms with Gasteiger partial charge in [-0.3, -0.25) is 0 Å². The minimum absolute atomic E-state index is 0.114. The molecule has 0 unspecified atom stereocenters. The van der Waals surface area contributed by atoms with E-state index < -0.39 is 17.8 Å². The zero-order valence-electron chi connectivity index (χ0n) is 15.9. The zero-order valence-corrected chi connectivity index (χ0v) is 17.5. The van der Waals surface area contributed by atoms with E-state index in [1.54, 1.807) is 12.1 Å². The first-order valence-electron chi connectivity index (χ1n) is 9.15. The number of anilines is 1. The van der Waals surface area contributed by atoms with Crippen molar-refractivity contribution in [2.24, 2.45) is 0 Å². The molecular weight excluding hydrogens is 425 g/mol. The Morgan fingerprint density at radius 1 is 1.23 bits per heavy atom. The molecule has 0 spiro atoms. The summed E-state index contributed by atoms with van der Waals surface area (Å²) in [6, 6.07) is 12.7. The maximum atomic E-state index is 13.5. The summed E-state index contributed by atoms with van der Waals surface area (Å²) in [7, 11) is 0. The molecule has 4 rings (SSSR count). The number of aromatic nitrogens is 2. The normalized spacial score (nSPS) is 12.1. The molecule has 4 aromatic rings. The Hall–Kier alpha value is -3.03. The molecule has 30 heavy (non-hydrogen) atoms. The molecule has 0 aliphatic rings. The van der Waals surface area contributed by atoms with E-state index >= 15 is 0 Å². The van der Waals surface area contributed by atoms with Crippen LogP contribution in [0.5, 0.6) is 0 Å². The van der Waals surface area contributed by atoms with Crippen LogP contribution < -0.4 is 5.32 Å². The number of carboxylic acids is 1. The van der Waals surface area contributed by atoms with Gasteiger partial charge in [0, 0.05) is 16.3 Å². The Bertz CT molecular complexity index is 1240. The Kier molecular flexibility index (Phi) is 5.65. The van der Waals surface area contributed by atoms with Crippen molar-refractivity contribution in [3.05, 3.63) is 76.8 Å². The minimum Gasteiger partial charge on any atom is -0.480 e. The van der Waals surface area contributed by atoms with Crippen molar-refractivity contribution in [2.45, 2.75) is 19.4 Å². The third-order valence-electron chi connectivity index (χ3n) is 4.72. The number of benzene rings is 2. The van der Waals surface area contributed by atoms with Crippen molar-refractivity contribution < 1.29 is 14.3 Å². The highest BCUT2D eigenvalue weighted by atomic mass is 35.5. The number of aryl methyl sites for hydroxylation is 1. The second-order valence-corrected chi connectivity index (χ2v) is 8.32. The van der Waals surface area contributed by atoms with Crippen LogP contribution in [0.25, 0.3) is 20.7 Å². The van der Waals surface area contributed by atoms with Gasteiger partial charge in [0.05, 0.1) is 5.39 Å². The number of carboxylic acid groups (broad SMARTS) is 1. The van der Waals surface area contributed by atoms with Gasteiger partial charge in [-0.1, -0.05) is 35.9 Å². The summed E-state index contributed by atoms with van der Waals surface area (Å²) in [5.41, 5.74) is 2.53. The van der Waals surface area contributed by atoms with Crippen molar-refractivity contribution in [2.75, 3.05) is 5.32 Å². The summed E-state index contributed by atoms with van der Waals surface area (Å²) < 4.78 is 13.5. The molecule has 1 atom stereocenters. The van der Waals surface area contributed by atoms with Crippen LogP contribution in [0.4, 0.5) is 10.2 Å². The molecule has 152 valence electrons. The summed E-state index contributed by atoms with van der Waals surface area (Å²) in [5.74, 6) is -1.03. The number of carbonyl (C=O) groups is 1. The van der Waals surface area contributed by atoms with Crippen molar-refractivity contribution in [1.29, 1.82) is 0 Å². The first-order chi connectivity index (χ1) is 14.4. The van der Waals surface area contributed by atoms with Gasteiger partial charge >= 0.3 is 5.97 Å². The summed E-state index contributed by atoms with van der Waals surface area (Å²) in [5, 5.41) is 14.0. The van der Waals surface area contributed by atoms with E-state index in [1.807, 2.05) is 31.2 Å². The lowest BCUT2D eigenvalue weighted by Gasteiger charge is -2.15. The van der Waals surface area contributed by atoms with E-state index in [0.29, 0.717) is 16.4 Å². The van der Waals surface area contributed by atoms with Gasteiger partial charge in [0.15, 0.2) is 0 Å². The Morgan fingerprint density at radius 3 is 2.80 bits per heavy atom. The first-order valence-corrected chi connectivity index (χ1v) is 10.3. The molecule has 0 amide bonds. The molecule has 5 nitrogen and oxygen atoms in total. The van der Waals surface area contributed by atoms with Crippen LogP contribution in [0.1, 0.15) is 11.1 Å². The van der Waals surface area contributed by atoms with Crippen LogP contribution in [0, 0.1) is 12.7 Å². The van der Waals surface area contributed by atoms with E-state index in [0.717, 1.165) is 26.2 Å². The largest absolute Gasteiger partial charge is 0.480 e. The monoisotopic (exact) mass is 441 g/mol. The van der Waals surface area contributed by atoms with Crippen LogP contribution in [-0.2, 0) is 11.2 Å². The van der Waals surface area contributed by atoms with Crippen LogP contribution in [0.3, 0.4) is 0 Å². The second-order valence-electron chi connectivity index (χ2n) is 6.88. The molecule has 0 fully saturated rings. The van der Waals surface area contributed by atoms with Crippen LogP contribution in [0.15, 0.2) is 54.9 Å². The van der Waals surface area contributed by atoms with Crippen molar-refractivity contribution in [3.63, 3.8) is 0 Å². The van der Waals surface area contributed by atoms with Gasteiger partial charge in [-0.2, -0.15) is 0 Å². The smallest absolute Gasteiger partial charge is 0.326 e. The number of halogens is 2. The number of fused-ring (bicyclic) bond motifs is 1. The predicted molar refractivity (Wildman–Crippen MR) is 118 cm³/mol. The van der Waals surface area contributed by atoms with E-state index in [2.05, 4.69) is 15.3 Å². The number of nitrogens with zero attached hydrogens (tertiary/aromatic N) is 2. The third-order valence-corrected chi connectivity index (χ3v) is 6.22. The maximum Gasteiger partial charge on any atom is 0.326 e. The van der Waals surface area contributed by atoms with Gasteiger partial charge in [-0.05, 0) is 47.9 Å². The molecule has 0 aliphatic carbocycles. The first kappa shape index (κ1) is 20.3. The highest BCUT2D eigenvalue weighted by molar-refractivity contribution is 7.21. The second kappa shape index (κ2) is 8.38. The van der Waals surface area contributed by atoms with Gasteiger partial charge in [0.25, 0.3) is 0 Å². The number of hydrogen-bond acceptors (Lipinski definition) is 5. The lowest BCUT2D eigenvalue weighted by atomic mass is 10.1. The van der Waals surface area contributed by atoms with E-state index in [-0.39, 0.29) is 6.42 Å². The fourth-order valence-corrected chi connectivity index (χ4v) is 4.30. The molecular formula is C22H17ClFN3O2S. The number of thiophene rings is 1. The average Bonchev–Trinajstić information content (AvgIpc) is 3.15. The van der Waals surface area contributed by atoms with Gasteiger partial charge in [0.1, 0.15) is 28.8 Å². The number of rotatable bonds is 6. The summed E-state index contributed by atoms with van der Waals surface area (Å²) in [6.45, 7) is 1.94. The topological polar surface area (TPSA) is 75.1 Å². The molecule has 2 heterocycles. The van der Waals surface area contributed by atoms with Crippen LogP contribution in [-0.4, -0.2) is 27.1 Å². The standard InChI is InChI=1S/C22H17ClFN3O2S/c1-12-5-6-14(9-17(12)23)19-10-16-20(25-11-26-21(16)30-19)27-18(22(28)29)8-13-3-2-4-15(24)7-13/h2-7,9-11,18H,8H2,1H3,(H,28,29)(H,25,26,27)/t18-/m0/s1. The number of hydrogen-bond donors (Lipinski definition) is 2. The molecule has 0 saturated carbocycles. The lowest BCUT2D eigenvalue weighted by Crippen LogP contribution is -2.32. The molecule has 2 aromatic carbocycles. The molecule has 2 N–H and O–H groups in total. The van der Waals surface area contributed by atoms with E-state index in [9.17, 15) is 14.3 Å². The van der Waals surface area contributed by atoms with Crippen LogP contribution in [0.2, 0.25) is 5.02 Å². The average molecular weight is 442 g/mol. The molecule has 0 aliphatic heterocycles. The van der Waals surface area contributed by atoms with Crippen molar-refractivity contribution in [1.82, 2.24) is 9.97 Å². The lowest BCUT2D eigenvalue weighted by molar-refractivity contribution is -0.137. The fourth-order valence-electron chi connectivity index (χ4n) is 3.12. The van der Waals surface area contributed by atoms with E-state index in [1.165, 1.54) is 29.8 Å². The van der Waals surface area contributed by atoms with Gasteiger partial charge in [0.2, 0.25) is 0 Å². The van der Waals surface area contributed by atoms with Gasteiger partial charge in [-0.15, -0.1) is 11.3 Å². The summed E-state index contributed by atoms with van der Waals surface area (Å²) >= 11 is 7.73. The highest BCUT2D eigenvalue weighted by Crippen LogP contribution is 2.36. The van der Waals surface area contributed by atoms with Crippen LogP contribution >= 0.6 is 22.9 Å². The number of nitrogens with one attached hydrogen (secondary N) is 1. The van der Waals surface area contributed by atoms with Gasteiger partial charge in [-0.25, -0.2) is 19.2 Å². The molecule has 0 radical (unpaired) electrons. The van der Waals surface area contributed by atoms with Crippen molar-refractivity contribution in [3.8, 4) is 10.4 Å². The molecule has 2 aromatic heterocycles.